The summed E-state index contributed by atoms with van der Waals surface area (Å²) < 4.78 is 25.2. The van der Waals surface area contributed by atoms with E-state index in [-0.39, 0.29) is 18.0 Å². The Morgan fingerprint density at radius 2 is 2.00 bits per heavy atom. The van der Waals surface area contributed by atoms with Gasteiger partial charge in [0.25, 0.3) is 0 Å². The maximum absolute atomic E-state index is 14.5. The van der Waals surface area contributed by atoms with Gasteiger partial charge < -0.3 is 19.7 Å². The largest absolute Gasteiger partial charge is 0.377 e. The van der Waals surface area contributed by atoms with Gasteiger partial charge >= 0.3 is 0 Å². The Balaban J connectivity index is 2.17. The van der Waals surface area contributed by atoms with Crippen molar-refractivity contribution in [2.75, 3.05) is 38.8 Å². The first-order valence-corrected chi connectivity index (χ1v) is 6.85. The van der Waals surface area contributed by atoms with Crippen LogP contribution in [-0.2, 0) is 16.0 Å². The zero-order valence-corrected chi connectivity index (χ0v) is 12.2. The van der Waals surface area contributed by atoms with Crippen LogP contribution < -0.4 is 10.2 Å². The molecule has 112 valence electrons. The van der Waals surface area contributed by atoms with Crippen molar-refractivity contribution in [1.82, 2.24) is 10.3 Å². The molecule has 6 heteroatoms. The number of pyridine rings is 1. The van der Waals surface area contributed by atoms with Crippen LogP contribution in [0.1, 0.15) is 12.5 Å². The molecule has 2 unspecified atom stereocenters. The number of halogens is 1. The highest BCUT2D eigenvalue weighted by Gasteiger charge is 2.35. The number of hydrogen-bond donors (Lipinski definition) is 1. The van der Waals surface area contributed by atoms with Crippen molar-refractivity contribution in [2.45, 2.75) is 25.7 Å². The second kappa shape index (κ2) is 6.97. The molecule has 0 aliphatic carbocycles. The zero-order valence-electron chi connectivity index (χ0n) is 12.2. The fraction of sp³-hybridized carbons (Fsp3) is 0.643. The molecule has 1 N–H and O–H groups in total. The Labute approximate surface area is 119 Å². The lowest BCUT2D eigenvalue weighted by atomic mass is 10.2. The minimum atomic E-state index is -0.264. The van der Waals surface area contributed by atoms with Crippen molar-refractivity contribution in [1.29, 1.82) is 0 Å². The molecule has 0 saturated carbocycles. The third-order valence-electron chi connectivity index (χ3n) is 3.64. The molecule has 20 heavy (non-hydrogen) atoms. The van der Waals surface area contributed by atoms with Gasteiger partial charge in [0.2, 0.25) is 0 Å². The molecule has 0 bridgehead atoms. The Morgan fingerprint density at radius 1 is 1.35 bits per heavy atom. The summed E-state index contributed by atoms with van der Waals surface area (Å²) in [7, 11) is 3.29. The molecule has 5 nitrogen and oxygen atoms in total. The number of rotatable bonds is 6. The molecule has 1 aliphatic heterocycles. The summed E-state index contributed by atoms with van der Waals surface area (Å²) in [5, 5.41) is 3.13. The molecule has 1 aromatic rings. The minimum absolute atomic E-state index is 0.0568. The van der Waals surface area contributed by atoms with Gasteiger partial charge in [-0.3, -0.25) is 0 Å². The fourth-order valence-electron chi connectivity index (χ4n) is 2.46. The molecule has 1 aromatic heterocycles. The standard InChI is InChI=1S/C14H22FN3O2/c1-4-16-7-10-5-6-17-14(13(10)15)18-8-11(19-2)12(9-18)20-3/h5-6,11-12,16H,4,7-9H2,1-3H3. The van der Waals surface area contributed by atoms with E-state index in [0.717, 1.165) is 6.54 Å². The number of hydrogen-bond acceptors (Lipinski definition) is 5. The van der Waals surface area contributed by atoms with Gasteiger partial charge in [-0.25, -0.2) is 9.37 Å². The van der Waals surface area contributed by atoms with E-state index in [0.29, 0.717) is 31.0 Å². The summed E-state index contributed by atoms with van der Waals surface area (Å²) >= 11 is 0. The van der Waals surface area contributed by atoms with Crippen LogP contribution in [0.5, 0.6) is 0 Å². The molecular weight excluding hydrogens is 261 g/mol. The van der Waals surface area contributed by atoms with Crippen molar-refractivity contribution in [3.63, 3.8) is 0 Å². The van der Waals surface area contributed by atoms with Crippen LogP contribution in [0.4, 0.5) is 10.2 Å². The fourth-order valence-corrected chi connectivity index (χ4v) is 2.46. The Kier molecular flexibility index (Phi) is 5.28. The molecule has 0 amide bonds. The van der Waals surface area contributed by atoms with Crippen LogP contribution in [0.2, 0.25) is 0 Å². The molecule has 1 aliphatic rings. The highest BCUT2D eigenvalue weighted by molar-refractivity contribution is 5.45. The molecule has 1 fully saturated rings. The SMILES string of the molecule is CCNCc1ccnc(N2CC(OC)C(OC)C2)c1F. The summed E-state index contributed by atoms with van der Waals surface area (Å²) in [4.78, 5) is 6.06. The van der Waals surface area contributed by atoms with Crippen LogP contribution in [-0.4, -0.2) is 51.0 Å². The third-order valence-corrected chi connectivity index (χ3v) is 3.64. The summed E-state index contributed by atoms with van der Waals surface area (Å²) in [5.41, 5.74) is 0.631. The Bertz CT molecular complexity index is 432. The first-order chi connectivity index (χ1) is 9.71. The highest BCUT2D eigenvalue weighted by Crippen LogP contribution is 2.25. The van der Waals surface area contributed by atoms with Gasteiger partial charge in [0.1, 0.15) is 12.2 Å². The maximum atomic E-state index is 14.5. The molecule has 2 atom stereocenters. The van der Waals surface area contributed by atoms with Gasteiger partial charge in [-0.05, 0) is 12.6 Å². The predicted molar refractivity (Wildman–Crippen MR) is 75.4 cm³/mol. The maximum Gasteiger partial charge on any atom is 0.170 e. The second-order valence-electron chi connectivity index (χ2n) is 4.84. The third kappa shape index (κ3) is 3.08. The Morgan fingerprint density at radius 3 is 2.55 bits per heavy atom. The van der Waals surface area contributed by atoms with E-state index in [4.69, 9.17) is 9.47 Å². The average molecular weight is 283 g/mol. The topological polar surface area (TPSA) is 46.6 Å². The normalized spacial score (nSPS) is 22.5. The zero-order chi connectivity index (χ0) is 14.5. The lowest BCUT2D eigenvalue weighted by Crippen LogP contribution is -2.27. The van der Waals surface area contributed by atoms with E-state index >= 15 is 0 Å². The molecule has 2 heterocycles. The smallest absolute Gasteiger partial charge is 0.170 e. The highest BCUT2D eigenvalue weighted by atomic mass is 19.1. The molecular formula is C14H22FN3O2. The van der Waals surface area contributed by atoms with Crippen molar-refractivity contribution in [3.05, 3.63) is 23.6 Å². The van der Waals surface area contributed by atoms with Crippen LogP contribution in [0.15, 0.2) is 12.3 Å². The number of nitrogens with zero attached hydrogens (tertiary/aromatic N) is 2. The van der Waals surface area contributed by atoms with Gasteiger partial charge in [0.05, 0.1) is 0 Å². The van der Waals surface area contributed by atoms with E-state index in [1.807, 2.05) is 11.8 Å². The summed E-state index contributed by atoms with van der Waals surface area (Å²) in [6.45, 7) is 4.48. The van der Waals surface area contributed by atoms with Crippen LogP contribution in [0.25, 0.3) is 0 Å². The first kappa shape index (κ1) is 15.2. The van der Waals surface area contributed by atoms with Crippen LogP contribution in [0.3, 0.4) is 0 Å². The van der Waals surface area contributed by atoms with Crippen molar-refractivity contribution in [3.8, 4) is 0 Å². The second-order valence-corrected chi connectivity index (χ2v) is 4.84. The Hall–Kier alpha value is -1.24. The average Bonchev–Trinajstić information content (AvgIpc) is 2.89. The van der Waals surface area contributed by atoms with Gasteiger partial charge in [0, 0.05) is 45.6 Å². The van der Waals surface area contributed by atoms with E-state index in [1.165, 1.54) is 0 Å². The van der Waals surface area contributed by atoms with E-state index in [2.05, 4.69) is 10.3 Å². The van der Waals surface area contributed by atoms with Gasteiger partial charge in [-0.1, -0.05) is 6.92 Å². The van der Waals surface area contributed by atoms with Crippen LogP contribution >= 0.6 is 0 Å². The monoisotopic (exact) mass is 283 g/mol. The van der Waals surface area contributed by atoms with Crippen LogP contribution in [0, 0.1) is 5.82 Å². The molecule has 0 spiro atoms. The summed E-state index contributed by atoms with van der Waals surface area (Å²) in [6.07, 6.45) is 1.53. The van der Waals surface area contributed by atoms with E-state index in [1.54, 1.807) is 26.5 Å². The van der Waals surface area contributed by atoms with Crippen molar-refractivity contribution in [2.24, 2.45) is 0 Å². The number of methoxy groups -OCH3 is 2. The molecule has 1 saturated heterocycles. The van der Waals surface area contributed by atoms with Crippen molar-refractivity contribution >= 4 is 5.82 Å². The number of nitrogens with one attached hydrogen (secondary N) is 1. The summed E-state index contributed by atoms with van der Waals surface area (Å²) in [5.74, 6) is 0.113. The van der Waals surface area contributed by atoms with Gasteiger partial charge in [-0.15, -0.1) is 0 Å². The number of aromatic nitrogens is 1. The van der Waals surface area contributed by atoms with Gasteiger partial charge in [0.15, 0.2) is 11.6 Å². The minimum Gasteiger partial charge on any atom is -0.377 e. The van der Waals surface area contributed by atoms with Crippen molar-refractivity contribution < 1.29 is 13.9 Å². The lowest BCUT2D eigenvalue weighted by Gasteiger charge is -2.18. The van der Waals surface area contributed by atoms with Gasteiger partial charge in [-0.2, -0.15) is 0 Å². The molecule has 0 aromatic carbocycles. The van der Waals surface area contributed by atoms with E-state index in [9.17, 15) is 4.39 Å². The first-order valence-electron chi connectivity index (χ1n) is 6.85. The number of ether oxygens (including phenoxy) is 2. The lowest BCUT2D eigenvalue weighted by molar-refractivity contribution is -0.00461. The molecule has 0 radical (unpaired) electrons. The molecule has 2 rings (SSSR count). The predicted octanol–water partition coefficient (Wildman–Crippen LogP) is 1.18. The van der Waals surface area contributed by atoms with E-state index < -0.39 is 0 Å². The quantitative estimate of drug-likeness (QED) is 0.849. The summed E-state index contributed by atoms with van der Waals surface area (Å²) in [6, 6.07) is 1.71. The number of anilines is 1.